The van der Waals surface area contributed by atoms with E-state index in [9.17, 15) is 0 Å². The molecule has 1 aliphatic heterocycles. The SMILES string of the molecule is C#Cc1cccc(C2(N)N=CNc3cc(OC)c(N)cc32)c1. The van der Waals surface area contributed by atoms with E-state index in [1.54, 1.807) is 19.5 Å². The molecule has 1 atom stereocenters. The number of ether oxygens (including phenoxy) is 1. The zero-order chi connectivity index (χ0) is 15.7. The number of rotatable bonds is 2. The van der Waals surface area contributed by atoms with E-state index in [0.29, 0.717) is 11.4 Å². The van der Waals surface area contributed by atoms with Crippen molar-refractivity contribution in [1.82, 2.24) is 0 Å². The van der Waals surface area contributed by atoms with Crippen LogP contribution in [0.4, 0.5) is 11.4 Å². The highest BCUT2D eigenvalue weighted by Gasteiger charge is 2.34. The van der Waals surface area contributed by atoms with Crippen LogP contribution in [-0.4, -0.2) is 13.4 Å². The topological polar surface area (TPSA) is 85.7 Å². The number of benzene rings is 2. The molecule has 110 valence electrons. The van der Waals surface area contributed by atoms with Crippen LogP contribution in [0.1, 0.15) is 16.7 Å². The van der Waals surface area contributed by atoms with Crippen molar-refractivity contribution in [3.63, 3.8) is 0 Å². The first-order chi connectivity index (χ1) is 10.6. The molecule has 0 spiro atoms. The lowest BCUT2D eigenvalue weighted by molar-refractivity contribution is 0.416. The monoisotopic (exact) mass is 292 g/mol. The summed E-state index contributed by atoms with van der Waals surface area (Å²) in [5.41, 5.74) is 15.2. The van der Waals surface area contributed by atoms with Crippen molar-refractivity contribution >= 4 is 17.7 Å². The minimum atomic E-state index is -1.05. The van der Waals surface area contributed by atoms with Crippen molar-refractivity contribution in [2.24, 2.45) is 10.7 Å². The van der Waals surface area contributed by atoms with Crippen molar-refractivity contribution in [1.29, 1.82) is 0 Å². The largest absolute Gasteiger partial charge is 0.495 e. The molecule has 0 fully saturated rings. The molecule has 3 rings (SSSR count). The van der Waals surface area contributed by atoms with E-state index in [2.05, 4.69) is 16.2 Å². The number of anilines is 2. The van der Waals surface area contributed by atoms with E-state index >= 15 is 0 Å². The Kier molecular flexibility index (Phi) is 3.24. The van der Waals surface area contributed by atoms with Crippen LogP contribution >= 0.6 is 0 Å². The normalized spacial score (nSPS) is 19.0. The zero-order valence-corrected chi connectivity index (χ0v) is 12.1. The zero-order valence-electron chi connectivity index (χ0n) is 12.1. The van der Waals surface area contributed by atoms with Crippen LogP contribution in [0.2, 0.25) is 0 Å². The molecule has 22 heavy (non-hydrogen) atoms. The van der Waals surface area contributed by atoms with E-state index in [0.717, 1.165) is 22.4 Å². The van der Waals surface area contributed by atoms with Crippen LogP contribution < -0.4 is 21.5 Å². The Morgan fingerprint density at radius 2 is 2.14 bits per heavy atom. The number of aliphatic imine (C=N–C) groups is 1. The Bertz CT molecular complexity index is 807. The molecule has 1 heterocycles. The summed E-state index contributed by atoms with van der Waals surface area (Å²) in [6.07, 6.45) is 7.04. The Morgan fingerprint density at radius 1 is 1.32 bits per heavy atom. The van der Waals surface area contributed by atoms with Gasteiger partial charge in [-0.1, -0.05) is 18.1 Å². The van der Waals surface area contributed by atoms with Crippen molar-refractivity contribution in [2.45, 2.75) is 5.66 Å². The smallest absolute Gasteiger partial charge is 0.163 e. The molecule has 0 radical (unpaired) electrons. The molecule has 0 saturated heterocycles. The Labute approximate surface area is 129 Å². The Morgan fingerprint density at radius 3 is 2.86 bits per heavy atom. The first-order valence-corrected chi connectivity index (χ1v) is 6.72. The minimum Gasteiger partial charge on any atom is -0.495 e. The van der Waals surface area contributed by atoms with Gasteiger partial charge in [0.05, 0.1) is 24.8 Å². The molecular weight excluding hydrogens is 276 g/mol. The maximum Gasteiger partial charge on any atom is 0.163 e. The highest BCUT2D eigenvalue weighted by molar-refractivity contribution is 5.84. The second kappa shape index (κ2) is 5.10. The second-order valence-electron chi connectivity index (χ2n) is 5.03. The van der Waals surface area contributed by atoms with Gasteiger partial charge in [-0.3, -0.25) is 5.73 Å². The summed E-state index contributed by atoms with van der Waals surface area (Å²) in [4.78, 5) is 4.42. The minimum absolute atomic E-state index is 0.503. The summed E-state index contributed by atoms with van der Waals surface area (Å²) in [5.74, 6) is 3.19. The van der Waals surface area contributed by atoms with Gasteiger partial charge in [0.15, 0.2) is 5.66 Å². The van der Waals surface area contributed by atoms with Crippen molar-refractivity contribution in [3.8, 4) is 18.1 Å². The van der Waals surface area contributed by atoms with E-state index in [4.69, 9.17) is 22.6 Å². The number of methoxy groups -OCH3 is 1. The van der Waals surface area contributed by atoms with Gasteiger partial charge < -0.3 is 15.8 Å². The van der Waals surface area contributed by atoms with Gasteiger partial charge in [0.1, 0.15) is 5.75 Å². The fourth-order valence-corrected chi connectivity index (χ4v) is 2.56. The van der Waals surface area contributed by atoms with Gasteiger partial charge in [-0.2, -0.15) is 0 Å². The van der Waals surface area contributed by atoms with Gasteiger partial charge in [-0.25, -0.2) is 4.99 Å². The molecule has 2 aromatic carbocycles. The van der Waals surface area contributed by atoms with Gasteiger partial charge >= 0.3 is 0 Å². The molecule has 0 aromatic heterocycles. The third-order valence-electron chi connectivity index (χ3n) is 3.74. The quantitative estimate of drug-likeness (QED) is 0.582. The van der Waals surface area contributed by atoms with Crippen LogP contribution in [0.3, 0.4) is 0 Å². The number of fused-ring (bicyclic) bond motifs is 1. The Balaban J connectivity index is 2.20. The van der Waals surface area contributed by atoms with Crippen LogP contribution in [0.15, 0.2) is 41.4 Å². The molecule has 5 nitrogen and oxygen atoms in total. The number of nitrogens with one attached hydrogen (secondary N) is 1. The molecule has 1 aliphatic rings. The van der Waals surface area contributed by atoms with Gasteiger partial charge in [-0.15, -0.1) is 6.42 Å². The summed E-state index contributed by atoms with van der Waals surface area (Å²) in [5, 5.41) is 3.07. The Hall–Kier alpha value is -2.97. The number of nitrogens with zero attached hydrogens (tertiary/aromatic N) is 1. The van der Waals surface area contributed by atoms with Crippen LogP contribution in [0, 0.1) is 12.3 Å². The standard InChI is InChI=1S/C17H16N4O/c1-3-11-5-4-6-12(7-11)17(19)13-8-14(18)16(22-2)9-15(13)20-10-21-17/h1,4-10H,18-19H2,2H3,(H,20,21). The predicted molar refractivity (Wildman–Crippen MR) is 88.9 cm³/mol. The molecular formula is C17H16N4O. The van der Waals surface area contributed by atoms with Gasteiger partial charge in [-0.05, 0) is 23.8 Å². The summed E-state index contributed by atoms with van der Waals surface area (Å²) >= 11 is 0. The van der Waals surface area contributed by atoms with E-state index in [-0.39, 0.29) is 0 Å². The highest BCUT2D eigenvalue weighted by Crippen LogP contribution is 2.40. The van der Waals surface area contributed by atoms with Crippen molar-refractivity contribution in [2.75, 3.05) is 18.2 Å². The lowest BCUT2D eigenvalue weighted by atomic mass is 9.89. The number of hydrogen-bond acceptors (Lipinski definition) is 5. The van der Waals surface area contributed by atoms with Crippen LogP contribution in [0.25, 0.3) is 0 Å². The fourth-order valence-electron chi connectivity index (χ4n) is 2.56. The molecule has 0 amide bonds. The van der Waals surface area contributed by atoms with Crippen LogP contribution in [-0.2, 0) is 5.66 Å². The molecule has 2 aromatic rings. The number of terminal acetylenes is 1. The second-order valence-corrected chi connectivity index (χ2v) is 5.03. The molecule has 1 unspecified atom stereocenters. The number of nitrogens with two attached hydrogens (primary N) is 2. The van der Waals surface area contributed by atoms with E-state index in [1.807, 2.05) is 30.3 Å². The molecule has 0 bridgehead atoms. The maximum absolute atomic E-state index is 6.57. The highest BCUT2D eigenvalue weighted by atomic mass is 16.5. The van der Waals surface area contributed by atoms with Gasteiger partial charge in [0.25, 0.3) is 0 Å². The molecule has 0 saturated carbocycles. The van der Waals surface area contributed by atoms with Gasteiger partial charge in [0, 0.05) is 17.2 Å². The summed E-state index contributed by atoms with van der Waals surface area (Å²) < 4.78 is 5.24. The number of hydrogen-bond donors (Lipinski definition) is 3. The third kappa shape index (κ3) is 2.07. The third-order valence-corrected chi connectivity index (χ3v) is 3.74. The summed E-state index contributed by atoms with van der Waals surface area (Å²) in [7, 11) is 1.57. The summed E-state index contributed by atoms with van der Waals surface area (Å²) in [6.45, 7) is 0. The lowest BCUT2D eigenvalue weighted by Gasteiger charge is -2.32. The molecule has 5 N–H and O–H groups in total. The molecule has 5 heteroatoms. The number of nitrogen functional groups attached to an aromatic ring is 1. The average Bonchev–Trinajstić information content (AvgIpc) is 2.55. The first-order valence-electron chi connectivity index (χ1n) is 6.72. The van der Waals surface area contributed by atoms with E-state index < -0.39 is 5.66 Å². The fraction of sp³-hybridized carbons (Fsp3) is 0.118. The predicted octanol–water partition coefficient (Wildman–Crippen LogP) is 1.87. The van der Waals surface area contributed by atoms with E-state index in [1.165, 1.54) is 0 Å². The lowest BCUT2D eigenvalue weighted by Crippen LogP contribution is -2.39. The maximum atomic E-state index is 6.57. The van der Waals surface area contributed by atoms with Crippen molar-refractivity contribution in [3.05, 3.63) is 53.1 Å². The van der Waals surface area contributed by atoms with Gasteiger partial charge in [0.2, 0.25) is 0 Å². The van der Waals surface area contributed by atoms with Crippen LogP contribution in [0.5, 0.6) is 5.75 Å². The summed E-state index contributed by atoms with van der Waals surface area (Å²) in [6, 6.07) is 11.0. The average molecular weight is 292 g/mol. The molecule has 0 aliphatic carbocycles. The van der Waals surface area contributed by atoms with Crippen molar-refractivity contribution < 1.29 is 4.74 Å². The first kappa shape index (κ1) is 14.0.